The molecule has 0 aliphatic carbocycles. The van der Waals surface area contributed by atoms with Crippen LogP contribution in [0.3, 0.4) is 0 Å². The van der Waals surface area contributed by atoms with Gasteiger partial charge in [0.2, 0.25) is 0 Å². The van der Waals surface area contributed by atoms with Crippen molar-refractivity contribution in [2.45, 2.75) is 26.4 Å². The number of nitrogens with zero attached hydrogens (tertiary/aromatic N) is 3. The van der Waals surface area contributed by atoms with E-state index in [1.54, 1.807) is 6.20 Å². The lowest BCUT2D eigenvalue weighted by atomic mass is 10.1. The molecule has 27 heavy (non-hydrogen) atoms. The third-order valence-electron chi connectivity index (χ3n) is 5.03. The van der Waals surface area contributed by atoms with Crippen molar-refractivity contribution in [3.05, 3.63) is 53.7 Å². The predicted molar refractivity (Wildman–Crippen MR) is 108 cm³/mol. The van der Waals surface area contributed by atoms with E-state index in [1.165, 1.54) is 0 Å². The third kappa shape index (κ3) is 5.05. The number of nitrogens with one attached hydrogen (secondary N) is 1. The molecule has 6 heteroatoms. The second-order valence-corrected chi connectivity index (χ2v) is 7.02. The van der Waals surface area contributed by atoms with Crippen molar-refractivity contribution in [3.63, 3.8) is 0 Å². The van der Waals surface area contributed by atoms with E-state index in [0.29, 0.717) is 11.3 Å². The van der Waals surface area contributed by atoms with Gasteiger partial charge in [0, 0.05) is 38.3 Å². The van der Waals surface area contributed by atoms with E-state index in [1.807, 2.05) is 50.2 Å². The molecule has 0 radical (unpaired) electrons. The number of carbonyl (C=O) groups excluding carboxylic acids is 1. The highest BCUT2D eigenvalue weighted by molar-refractivity contribution is 6.05. The van der Waals surface area contributed by atoms with E-state index >= 15 is 0 Å². The number of aromatic nitrogens is 1. The third-order valence-corrected chi connectivity index (χ3v) is 5.03. The van der Waals surface area contributed by atoms with E-state index in [-0.39, 0.29) is 12.0 Å². The molecule has 0 saturated carbocycles. The summed E-state index contributed by atoms with van der Waals surface area (Å²) in [5, 5.41) is 12.7. The largest absolute Gasteiger partial charge is 0.392 e. The molecule has 0 unspecified atom stereocenters. The molecule has 1 atom stereocenters. The van der Waals surface area contributed by atoms with Gasteiger partial charge in [-0.1, -0.05) is 25.1 Å². The van der Waals surface area contributed by atoms with Crippen molar-refractivity contribution in [1.29, 1.82) is 0 Å². The number of hydrogen-bond donors (Lipinski definition) is 2. The number of aryl methyl sites for hydroxylation is 1. The summed E-state index contributed by atoms with van der Waals surface area (Å²) in [4.78, 5) is 21.4. The first-order valence-corrected chi connectivity index (χ1v) is 9.55. The lowest BCUT2D eigenvalue weighted by Gasteiger charge is -2.36. The van der Waals surface area contributed by atoms with E-state index < -0.39 is 0 Å². The van der Waals surface area contributed by atoms with Crippen molar-refractivity contribution >= 4 is 17.4 Å². The van der Waals surface area contributed by atoms with Crippen LogP contribution in [-0.4, -0.2) is 59.7 Å². The van der Waals surface area contributed by atoms with Gasteiger partial charge in [0.25, 0.3) is 5.91 Å². The number of pyridine rings is 1. The maximum Gasteiger partial charge on any atom is 0.255 e. The smallest absolute Gasteiger partial charge is 0.255 e. The zero-order valence-corrected chi connectivity index (χ0v) is 16.1. The second-order valence-electron chi connectivity index (χ2n) is 7.02. The number of β-amino-alcohol motifs (C(OH)–C–C–N with tert-alkyl or cyclic N) is 1. The molecule has 3 rings (SSSR count). The van der Waals surface area contributed by atoms with Crippen LogP contribution in [0.1, 0.15) is 29.3 Å². The lowest BCUT2D eigenvalue weighted by Crippen LogP contribution is -2.48. The fraction of sp³-hybridized carbons (Fsp3) is 0.429. The standard InChI is InChI=1S/C21H28N4O2/c1-3-18(26)15-24-10-12-25(13-11-24)20-9-8-17(14-22-20)23-21(27)19-7-5-4-6-16(19)2/h4-9,14,18,26H,3,10-13,15H2,1-2H3,(H,23,27)/t18-/m0/s1. The molecule has 1 aromatic carbocycles. The van der Waals surface area contributed by atoms with E-state index in [0.717, 1.165) is 50.5 Å². The van der Waals surface area contributed by atoms with Gasteiger partial charge in [-0.15, -0.1) is 0 Å². The normalized spacial score (nSPS) is 16.2. The molecule has 0 bridgehead atoms. The Morgan fingerprint density at radius 1 is 1.19 bits per heavy atom. The van der Waals surface area contributed by atoms with E-state index in [9.17, 15) is 9.90 Å². The minimum Gasteiger partial charge on any atom is -0.392 e. The molecule has 144 valence electrons. The molecule has 1 fully saturated rings. The maximum absolute atomic E-state index is 12.4. The molecule has 1 amide bonds. The van der Waals surface area contributed by atoms with Crippen LogP contribution in [0.5, 0.6) is 0 Å². The highest BCUT2D eigenvalue weighted by Gasteiger charge is 2.19. The van der Waals surface area contributed by atoms with Gasteiger partial charge < -0.3 is 15.3 Å². The number of anilines is 2. The van der Waals surface area contributed by atoms with Crippen LogP contribution >= 0.6 is 0 Å². The highest BCUT2D eigenvalue weighted by Crippen LogP contribution is 2.17. The van der Waals surface area contributed by atoms with Crippen LogP contribution in [0, 0.1) is 6.92 Å². The zero-order chi connectivity index (χ0) is 19.2. The number of aliphatic hydroxyl groups excluding tert-OH is 1. The Bertz CT molecular complexity index is 755. The molecule has 1 aliphatic rings. The maximum atomic E-state index is 12.4. The van der Waals surface area contributed by atoms with Gasteiger partial charge in [0.15, 0.2) is 0 Å². The van der Waals surface area contributed by atoms with Crippen LogP contribution < -0.4 is 10.2 Å². The van der Waals surface area contributed by atoms with Gasteiger partial charge in [0.1, 0.15) is 5.82 Å². The Balaban J connectivity index is 1.55. The van der Waals surface area contributed by atoms with Gasteiger partial charge in [-0.25, -0.2) is 4.98 Å². The fourth-order valence-corrected chi connectivity index (χ4v) is 3.26. The van der Waals surface area contributed by atoms with Crippen LogP contribution in [0.4, 0.5) is 11.5 Å². The zero-order valence-electron chi connectivity index (χ0n) is 16.1. The number of benzene rings is 1. The topological polar surface area (TPSA) is 68.7 Å². The van der Waals surface area contributed by atoms with Crippen molar-refractivity contribution in [2.75, 3.05) is 42.9 Å². The molecular weight excluding hydrogens is 340 g/mol. The fourth-order valence-electron chi connectivity index (χ4n) is 3.26. The van der Waals surface area contributed by atoms with Crippen molar-refractivity contribution < 1.29 is 9.90 Å². The number of amides is 1. The molecule has 1 saturated heterocycles. The molecular formula is C21H28N4O2. The first-order valence-electron chi connectivity index (χ1n) is 9.55. The van der Waals surface area contributed by atoms with Gasteiger partial charge in [-0.2, -0.15) is 0 Å². The van der Waals surface area contributed by atoms with Gasteiger partial charge in [0.05, 0.1) is 18.0 Å². The summed E-state index contributed by atoms with van der Waals surface area (Å²) in [7, 11) is 0. The average molecular weight is 368 g/mol. The summed E-state index contributed by atoms with van der Waals surface area (Å²) in [5.74, 6) is 0.797. The van der Waals surface area contributed by atoms with Crippen LogP contribution in [0.2, 0.25) is 0 Å². The number of piperazine rings is 1. The van der Waals surface area contributed by atoms with Crippen LogP contribution in [-0.2, 0) is 0 Å². The second kappa shape index (κ2) is 8.97. The van der Waals surface area contributed by atoms with Gasteiger partial charge >= 0.3 is 0 Å². The van der Waals surface area contributed by atoms with Gasteiger partial charge in [-0.3, -0.25) is 9.69 Å². The SMILES string of the molecule is CC[C@H](O)CN1CCN(c2ccc(NC(=O)c3ccccc3C)cn2)CC1. The van der Waals surface area contributed by atoms with Crippen molar-refractivity contribution in [2.24, 2.45) is 0 Å². The number of rotatable bonds is 6. The molecule has 2 aromatic rings. The quantitative estimate of drug-likeness (QED) is 0.820. The number of aliphatic hydroxyl groups is 1. The first-order chi connectivity index (χ1) is 13.1. The van der Waals surface area contributed by atoms with Gasteiger partial charge in [-0.05, 0) is 37.1 Å². The predicted octanol–water partition coefficient (Wildman–Crippen LogP) is 2.54. The molecule has 2 heterocycles. The lowest BCUT2D eigenvalue weighted by molar-refractivity contribution is 0.102. The monoisotopic (exact) mass is 368 g/mol. The summed E-state index contributed by atoms with van der Waals surface area (Å²) in [6.45, 7) is 8.28. The Labute approximate surface area is 160 Å². The molecule has 1 aromatic heterocycles. The Hall–Kier alpha value is -2.44. The highest BCUT2D eigenvalue weighted by atomic mass is 16.3. The Morgan fingerprint density at radius 3 is 2.56 bits per heavy atom. The van der Waals surface area contributed by atoms with Crippen molar-refractivity contribution in [1.82, 2.24) is 9.88 Å². The summed E-state index contributed by atoms with van der Waals surface area (Å²) >= 11 is 0. The summed E-state index contributed by atoms with van der Waals surface area (Å²) in [5.41, 5.74) is 2.31. The van der Waals surface area contributed by atoms with E-state index in [4.69, 9.17) is 0 Å². The Morgan fingerprint density at radius 2 is 1.93 bits per heavy atom. The molecule has 2 N–H and O–H groups in total. The number of carbonyl (C=O) groups is 1. The Kier molecular flexibility index (Phi) is 6.42. The van der Waals surface area contributed by atoms with Crippen LogP contribution in [0.25, 0.3) is 0 Å². The summed E-state index contributed by atoms with van der Waals surface area (Å²) in [6.07, 6.45) is 2.25. The van der Waals surface area contributed by atoms with Crippen LogP contribution in [0.15, 0.2) is 42.6 Å². The summed E-state index contributed by atoms with van der Waals surface area (Å²) in [6, 6.07) is 11.4. The molecule has 1 aliphatic heterocycles. The summed E-state index contributed by atoms with van der Waals surface area (Å²) < 4.78 is 0. The first kappa shape index (κ1) is 19.3. The molecule has 0 spiro atoms. The minimum absolute atomic E-state index is 0.120. The average Bonchev–Trinajstić information content (AvgIpc) is 2.69. The van der Waals surface area contributed by atoms with Crippen molar-refractivity contribution in [3.8, 4) is 0 Å². The minimum atomic E-state index is -0.245. The molecule has 6 nitrogen and oxygen atoms in total. The van der Waals surface area contributed by atoms with E-state index in [2.05, 4.69) is 20.1 Å². The number of hydrogen-bond acceptors (Lipinski definition) is 5.